The van der Waals surface area contributed by atoms with Gasteiger partial charge in [-0.05, 0) is 126 Å². The number of carbonyl (C=O) groups excluding carboxylic acids is 7. The van der Waals surface area contributed by atoms with Crippen LogP contribution in [0.1, 0.15) is 132 Å². The van der Waals surface area contributed by atoms with Crippen molar-refractivity contribution >= 4 is 53.1 Å². The Labute approximate surface area is 458 Å². The summed E-state index contributed by atoms with van der Waals surface area (Å²) in [7, 11) is 3.29. The number of hydrogen-bond acceptors (Lipinski definition) is 12. The Bertz CT molecular complexity index is 2550. The summed E-state index contributed by atoms with van der Waals surface area (Å²) >= 11 is 1.10. The van der Waals surface area contributed by atoms with Gasteiger partial charge in [-0.15, -0.1) is 11.8 Å². The summed E-state index contributed by atoms with van der Waals surface area (Å²) in [4.78, 5) is 100. The third-order valence-corrected chi connectivity index (χ3v) is 16.8. The van der Waals surface area contributed by atoms with Crippen LogP contribution < -0.4 is 42.5 Å². The van der Waals surface area contributed by atoms with Crippen LogP contribution in [-0.2, 0) is 52.8 Å². The van der Waals surface area contributed by atoms with Crippen LogP contribution in [0.3, 0.4) is 0 Å². The second kappa shape index (κ2) is 27.1. The molecule has 1 saturated heterocycles. The standard InChI is InChI=1S/C58H83N9O9S/c1-34(59-8)51(71)65-49(58(6,7)77-33-48(70)61-41(31-68)32-69)55(75)64-46(53(73)62-44-22-14-18-38-16-10-12-20-42(38)44)28-36-24-26-37(27-25-36)40-29-47(54(74)63-45-23-15-19-39-17-11-13-21-43(39)45)67(30-40)56(76)50(57(3,4)5)66-52(72)35(2)60-9/h10-13,16-17,20-21,24-27,34-35,40-41,44-47,49-50,59-60,68-69H,14-15,18-19,22-23,28-33H2,1-9H3,(H,61,70)(H,62,73)(H,63,74)(H,64,75)(H,65,71)(H,66,72)/t34-,35-,40-,44+,45+,46?,47?,49?,50+/m0/s1. The Kier molecular flexibility index (Phi) is 21.3. The molecular weight excluding hydrogens is 999 g/mol. The first-order valence-corrected chi connectivity index (χ1v) is 28.1. The van der Waals surface area contributed by atoms with Crippen LogP contribution in [0.4, 0.5) is 0 Å². The fraction of sp³-hybridized carbons (Fsp3) is 0.569. The van der Waals surface area contributed by atoms with E-state index in [0.717, 1.165) is 66.1 Å². The average molecular weight is 1080 g/mol. The van der Waals surface area contributed by atoms with Crippen LogP contribution in [0, 0.1) is 5.41 Å². The van der Waals surface area contributed by atoms with Crippen molar-refractivity contribution in [1.29, 1.82) is 0 Å². The second-order valence-corrected chi connectivity index (χ2v) is 24.2. The molecule has 19 heteroatoms. The van der Waals surface area contributed by atoms with Gasteiger partial charge in [-0.1, -0.05) is 93.6 Å². The van der Waals surface area contributed by atoms with Crippen molar-refractivity contribution in [3.8, 4) is 0 Å². The van der Waals surface area contributed by atoms with Crippen LogP contribution >= 0.6 is 11.8 Å². The van der Waals surface area contributed by atoms with Gasteiger partial charge in [0.25, 0.3) is 0 Å². The van der Waals surface area contributed by atoms with E-state index in [2.05, 4.69) is 54.7 Å². The number of hydrogen-bond donors (Lipinski definition) is 10. The fourth-order valence-electron chi connectivity index (χ4n) is 10.5. The summed E-state index contributed by atoms with van der Waals surface area (Å²) in [5.74, 6) is -3.42. The molecule has 6 rings (SSSR count). The molecule has 1 heterocycles. The molecule has 0 aromatic heterocycles. The van der Waals surface area contributed by atoms with Gasteiger partial charge in [0.05, 0.1) is 49.2 Å². The van der Waals surface area contributed by atoms with E-state index in [4.69, 9.17) is 0 Å². The lowest BCUT2D eigenvalue weighted by Gasteiger charge is -2.36. The van der Waals surface area contributed by atoms with Crippen LogP contribution in [0.25, 0.3) is 0 Å². The van der Waals surface area contributed by atoms with Gasteiger partial charge in [-0.2, -0.15) is 0 Å². The molecular formula is C58H83N9O9S. The van der Waals surface area contributed by atoms with E-state index in [9.17, 15) is 43.8 Å². The van der Waals surface area contributed by atoms with Crippen molar-refractivity contribution in [2.24, 2.45) is 5.41 Å². The number of nitrogens with one attached hydrogen (secondary N) is 8. The van der Waals surface area contributed by atoms with Crippen LogP contribution in [0.5, 0.6) is 0 Å². The SMILES string of the molecule is CN[C@@H](C)C(=O)NC(C(=O)NC(Cc1ccc([C@H]2CC(C(=O)N[C@@H]3CCCc4ccccc43)N(C(=O)[C@@H](NC(=O)[C@H](C)NC)C(C)(C)C)C2)cc1)C(=O)N[C@@H]1CCCc2ccccc21)C(C)(C)SCC(=O)NC(CO)CO. The molecule has 420 valence electrons. The first-order valence-electron chi connectivity index (χ1n) is 27.1. The second-order valence-electron chi connectivity index (χ2n) is 22.5. The maximum absolute atomic E-state index is 14.9. The quantitative estimate of drug-likeness (QED) is 0.0658. The number of fused-ring (bicyclic) bond motifs is 2. The fourth-order valence-corrected chi connectivity index (χ4v) is 11.4. The zero-order valence-corrected chi connectivity index (χ0v) is 47.1. The molecule has 77 heavy (non-hydrogen) atoms. The van der Waals surface area contributed by atoms with E-state index in [-0.39, 0.29) is 54.4 Å². The number of amides is 7. The van der Waals surface area contributed by atoms with Crippen LogP contribution in [0.15, 0.2) is 72.8 Å². The average Bonchev–Trinajstić information content (AvgIpc) is 3.88. The first kappa shape index (κ1) is 60.4. The lowest BCUT2D eigenvalue weighted by Crippen LogP contribution is -2.62. The highest BCUT2D eigenvalue weighted by Gasteiger charge is 2.46. The molecule has 10 N–H and O–H groups in total. The predicted octanol–water partition coefficient (Wildman–Crippen LogP) is 3.00. The molecule has 0 radical (unpaired) electrons. The first-order chi connectivity index (χ1) is 36.6. The number of rotatable bonds is 23. The molecule has 9 atom stereocenters. The number of aliphatic hydroxyl groups is 2. The number of carbonyl (C=O) groups is 7. The van der Waals surface area contributed by atoms with Crippen molar-refractivity contribution in [2.45, 2.75) is 165 Å². The molecule has 1 aliphatic heterocycles. The maximum Gasteiger partial charge on any atom is 0.246 e. The van der Waals surface area contributed by atoms with E-state index in [1.165, 1.54) is 5.56 Å². The number of aryl methyl sites for hydroxylation is 2. The van der Waals surface area contributed by atoms with Gasteiger partial charge < -0.3 is 57.6 Å². The molecule has 7 amide bonds. The van der Waals surface area contributed by atoms with Gasteiger partial charge in [0.15, 0.2) is 0 Å². The van der Waals surface area contributed by atoms with E-state index in [1.54, 1.807) is 46.7 Å². The minimum atomic E-state index is -1.24. The number of aliphatic hydroxyl groups excluding tert-OH is 2. The summed E-state index contributed by atoms with van der Waals surface area (Å²) in [5, 5.41) is 42.8. The molecule has 18 nitrogen and oxygen atoms in total. The van der Waals surface area contributed by atoms with E-state index in [1.807, 2.05) is 81.4 Å². The number of thioether (sulfide) groups is 1. The molecule has 2 aliphatic carbocycles. The normalized spacial score (nSPS) is 20.3. The molecule has 0 spiro atoms. The highest BCUT2D eigenvalue weighted by molar-refractivity contribution is 8.01. The monoisotopic (exact) mass is 1080 g/mol. The molecule has 0 bridgehead atoms. The predicted molar refractivity (Wildman–Crippen MR) is 298 cm³/mol. The lowest BCUT2D eigenvalue weighted by molar-refractivity contribution is -0.144. The third kappa shape index (κ3) is 15.7. The molecule has 3 aromatic rings. The van der Waals surface area contributed by atoms with Gasteiger partial charge in [-0.25, -0.2) is 0 Å². The summed E-state index contributed by atoms with van der Waals surface area (Å²) in [6, 6.07) is 16.9. The molecule has 1 fully saturated rings. The molecule has 3 aromatic carbocycles. The molecule has 0 saturated carbocycles. The minimum Gasteiger partial charge on any atom is -0.394 e. The number of nitrogens with zero attached hydrogens (tertiary/aromatic N) is 1. The Morgan fingerprint density at radius 3 is 1.73 bits per heavy atom. The number of likely N-dealkylation sites (tertiary alicyclic amines) is 1. The Morgan fingerprint density at radius 1 is 0.662 bits per heavy atom. The van der Waals surface area contributed by atoms with Crippen molar-refractivity contribution < 1.29 is 43.8 Å². The summed E-state index contributed by atoms with van der Waals surface area (Å²) in [6.07, 6.45) is 5.42. The summed E-state index contributed by atoms with van der Waals surface area (Å²) in [5.41, 5.74) is 5.29. The van der Waals surface area contributed by atoms with E-state index >= 15 is 0 Å². The lowest BCUT2D eigenvalue weighted by atomic mass is 9.85. The topological polar surface area (TPSA) is 259 Å². The zero-order valence-electron chi connectivity index (χ0n) is 46.3. The van der Waals surface area contributed by atoms with Crippen molar-refractivity contribution in [3.05, 3.63) is 106 Å². The van der Waals surface area contributed by atoms with Gasteiger partial charge in [0.1, 0.15) is 24.2 Å². The smallest absolute Gasteiger partial charge is 0.246 e. The van der Waals surface area contributed by atoms with Crippen molar-refractivity contribution in [1.82, 2.24) is 47.4 Å². The number of benzene rings is 3. The van der Waals surface area contributed by atoms with Gasteiger partial charge >= 0.3 is 0 Å². The third-order valence-electron chi connectivity index (χ3n) is 15.5. The molecule has 3 aliphatic rings. The van der Waals surface area contributed by atoms with Gasteiger partial charge in [-0.3, -0.25) is 33.6 Å². The maximum atomic E-state index is 14.9. The number of likely N-dealkylation sites (N-methyl/N-ethyl adjacent to an activating group) is 2. The highest BCUT2D eigenvalue weighted by atomic mass is 32.2. The van der Waals surface area contributed by atoms with Crippen molar-refractivity contribution in [3.63, 3.8) is 0 Å². The van der Waals surface area contributed by atoms with Crippen LogP contribution in [0.2, 0.25) is 0 Å². The summed E-state index contributed by atoms with van der Waals surface area (Å²) < 4.78 is -1.13. The van der Waals surface area contributed by atoms with E-state index in [0.29, 0.717) is 18.4 Å². The zero-order chi connectivity index (χ0) is 56.2. The summed E-state index contributed by atoms with van der Waals surface area (Å²) in [6.45, 7) is 11.7. The Morgan fingerprint density at radius 2 is 1.19 bits per heavy atom. The van der Waals surface area contributed by atoms with Crippen molar-refractivity contribution in [2.75, 3.05) is 39.6 Å². The van der Waals surface area contributed by atoms with Gasteiger partial charge in [0, 0.05) is 23.6 Å². The van der Waals surface area contributed by atoms with E-state index < -0.39 is 89.3 Å². The highest BCUT2D eigenvalue weighted by Crippen LogP contribution is 2.37. The minimum absolute atomic E-state index is 0.0562. The molecule has 3 unspecified atom stereocenters. The Hall–Kier alpha value is -5.86. The van der Waals surface area contributed by atoms with Crippen LogP contribution in [-0.4, -0.2) is 143 Å². The largest absolute Gasteiger partial charge is 0.394 e. The Balaban J connectivity index is 1.29. The van der Waals surface area contributed by atoms with Gasteiger partial charge in [0.2, 0.25) is 41.4 Å².